The van der Waals surface area contributed by atoms with E-state index in [4.69, 9.17) is 5.11 Å². The van der Waals surface area contributed by atoms with E-state index in [9.17, 15) is 9.18 Å². The van der Waals surface area contributed by atoms with Gasteiger partial charge in [0.25, 0.3) is 5.91 Å². The average molecular weight is 291 g/mol. The first kappa shape index (κ1) is 17.2. The zero-order chi connectivity index (χ0) is 16.0. The topological polar surface area (TPSA) is 49.3 Å². The van der Waals surface area contributed by atoms with Gasteiger partial charge in [-0.2, -0.15) is 0 Å². The van der Waals surface area contributed by atoms with Gasteiger partial charge in [-0.25, -0.2) is 4.39 Å². The molecule has 1 aromatic rings. The second-order valence-electron chi connectivity index (χ2n) is 6.03. The minimum absolute atomic E-state index is 0.0305. The largest absolute Gasteiger partial charge is 0.395 e. The number of amides is 1. The van der Waals surface area contributed by atoms with Crippen molar-refractivity contribution in [3.8, 4) is 11.8 Å². The van der Waals surface area contributed by atoms with Crippen LogP contribution in [0.4, 0.5) is 4.39 Å². The highest BCUT2D eigenvalue weighted by molar-refractivity contribution is 5.94. The Balaban J connectivity index is 2.85. The van der Waals surface area contributed by atoms with Gasteiger partial charge in [-0.1, -0.05) is 32.6 Å². The lowest BCUT2D eigenvalue weighted by Gasteiger charge is -2.28. The molecule has 0 aromatic heterocycles. The second kappa shape index (κ2) is 7.24. The molecule has 1 aromatic carbocycles. The van der Waals surface area contributed by atoms with Gasteiger partial charge in [-0.05, 0) is 30.5 Å². The minimum Gasteiger partial charge on any atom is -0.395 e. The van der Waals surface area contributed by atoms with E-state index in [-0.39, 0.29) is 35.1 Å². The van der Waals surface area contributed by atoms with Gasteiger partial charge in [0.2, 0.25) is 0 Å². The van der Waals surface area contributed by atoms with E-state index < -0.39 is 5.82 Å². The molecule has 4 heteroatoms. The van der Waals surface area contributed by atoms with Crippen LogP contribution in [-0.4, -0.2) is 23.7 Å². The van der Waals surface area contributed by atoms with Crippen molar-refractivity contribution in [2.75, 3.05) is 6.61 Å². The van der Waals surface area contributed by atoms with Crippen LogP contribution in [0.25, 0.3) is 0 Å². The fraction of sp³-hybridized carbons (Fsp3) is 0.471. The highest BCUT2D eigenvalue weighted by Crippen LogP contribution is 2.19. The number of hydrogen-bond acceptors (Lipinski definition) is 2. The first-order valence-electron chi connectivity index (χ1n) is 6.96. The number of aliphatic hydroxyl groups excluding tert-OH is 1. The maximum atomic E-state index is 13.9. The van der Waals surface area contributed by atoms with E-state index in [1.807, 2.05) is 27.7 Å². The molecule has 0 heterocycles. The Hall–Kier alpha value is -1.86. The number of rotatable bonds is 3. The van der Waals surface area contributed by atoms with Gasteiger partial charge in [-0.3, -0.25) is 4.79 Å². The van der Waals surface area contributed by atoms with Crippen molar-refractivity contribution in [3.05, 3.63) is 35.1 Å². The quantitative estimate of drug-likeness (QED) is 0.841. The standard InChI is InChI=1S/C17H22FNO2/c1-12(17(2,3)4)19-16(21)14-9-8-13(15(18)11-14)7-5-6-10-20/h8-9,11-12,20H,6,10H2,1-4H3,(H,19,21). The summed E-state index contributed by atoms with van der Waals surface area (Å²) in [4.78, 5) is 12.1. The molecule has 1 unspecified atom stereocenters. The van der Waals surface area contributed by atoms with Gasteiger partial charge in [0.15, 0.2) is 0 Å². The van der Waals surface area contributed by atoms with Gasteiger partial charge >= 0.3 is 0 Å². The van der Waals surface area contributed by atoms with Crippen molar-refractivity contribution in [2.24, 2.45) is 5.41 Å². The van der Waals surface area contributed by atoms with E-state index in [2.05, 4.69) is 17.2 Å². The molecule has 1 atom stereocenters. The fourth-order valence-corrected chi connectivity index (χ4v) is 1.47. The van der Waals surface area contributed by atoms with E-state index in [1.165, 1.54) is 12.1 Å². The smallest absolute Gasteiger partial charge is 0.251 e. The molecule has 0 aliphatic rings. The van der Waals surface area contributed by atoms with Gasteiger partial charge < -0.3 is 10.4 Å². The van der Waals surface area contributed by atoms with Crippen LogP contribution in [0, 0.1) is 23.1 Å². The van der Waals surface area contributed by atoms with Crippen molar-refractivity contribution in [1.82, 2.24) is 5.32 Å². The van der Waals surface area contributed by atoms with Crippen LogP contribution < -0.4 is 5.32 Å². The second-order valence-corrected chi connectivity index (χ2v) is 6.03. The van der Waals surface area contributed by atoms with Crippen molar-refractivity contribution in [1.29, 1.82) is 0 Å². The zero-order valence-electron chi connectivity index (χ0n) is 13.0. The highest BCUT2D eigenvalue weighted by Gasteiger charge is 2.22. The molecule has 0 spiro atoms. The first-order chi connectivity index (χ1) is 9.75. The monoisotopic (exact) mass is 291 g/mol. The maximum absolute atomic E-state index is 13.9. The molecule has 21 heavy (non-hydrogen) atoms. The van der Waals surface area contributed by atoms with Crippen molar-refractivity contribution in [2.45, 2.75) is 40.2 Å². The molecule has 0 radical (unpaired) electrons. The van der Waals surface area contributed by atoms with Crippen molar-refractivity contribution < 1.29 is 14.3 Å². The Kier molecular flexibility index (Phi) is 5.92. The van der Waals surface area contributed by atoms with Gasteiger partial charge in [0, 0.05) is 18.0 Å². The first-order valence-corrected chi connectivity index (χ1v) is 6.96. The van der Waals surface area contributed by atoms with Crippen molar-refractivity contribution in [3.63, 3.8) is 0 Å². The van der Waals surface area contributed by atoms with Crippen LogP contribution in [0.3, 0.4) is 0 Å². The summed E-state index contributed by atoms with van der Waals surface area (Å²) < 4.78 is 13.9. The molecule has 0 fully saturated rings. The normalized spacial score (nSPS) is 12.3. The van der Waals surface area contributed by atoms with E-state index >= 15 is 0 Å². The summed E-state index contributed by atoms with van der Waals surface area (Å²) in [5, 5.41) is 11.5. The third kappa shape index (κ3) is 5.20. The van der Waals surface area contributed by atoms with E-state index in [1.54, 1.807) is 6.07 Å². The van der Waals surface area contributed by atoms with Crippen LogP contribution >= 0.6 is 0 Å². The Morgan fingerprint density at radius 3 is 2.62 bits per heavy atom. The van der Waals surface area contributed by atoms with Crippen LogP contribution in [-0.2, 0) is 0 Å². The molecule has 0 bridgehead atoms. The van der Waals surface area contributed by atoms with E-state index in [0.29, 0.717) is 6.42 Å². The summed E-state index contributed by atoms with van der Waals surface area (Å²) in [6.45, 7) is 7.94. The number of carbonyl (C=O) groups is 1. The Morgan fingerprint density at radius 2 is 2.10 bits per heavy atom. The molecule has 3 nitrogen and oxygen atoms in total. The predicted octanol–water partition coefficient (Wildman–Crippen LogP) is 2.72. The van der Waals surface area contributed by atoms with E-state index in [0.717, 1.165) is 0 Å². The number of aliphatic hydroxyl groups is 1. The SMILES string of the molecule is CC(NC(=O)c1ccc(C#CCCO)c(F)c1)C(C)(C)C. The minimum atomic E-state index is -0.531. The van der Waals surface area contributed by atoms with Gasteiger partial charge in [-0.15, -0.1) is 0 Å². The maximum Gasteiger partial charge on any atom is 0.251 e. The summed E-state index contributed by atoms with van der Waals surface area (Å²) in [7, 11) is 0. The number of benzene rings is 1. The number of nitrogens with one attached hydrogen (secondary N) is 1. The van der Waals surface area contributed by atoms with Crippen LogP contribution in [0.2, 0.25) is 0 Å². The Morgan fingerprint density at radius 1 is 1.43 bits per heavy atom. The number of carbonyl (C=O) groups excluding carboxylic acids is 1. The van der Waals surface area contributed by atoms with Crippen LogP contribution in [0.5, 0.6) is 0 Å². The Bertz CT molecular complexity index is 564. The molecule has 2 N–H and O–H groups in total. The summed E-state index contributed by atoms with van der Waals surface area (Å²) >= 11 is 0. The summed E-state index contributed by atoms with van der Waals surface area (Å²) in [5.41, 5.74) is 0.435. The van der Waals surface area contributed by atoms with Gasteiger partial charge in [0.1, 0.15) is 5.82 Å². The van der Waals surface area contributed by atoms with Crippen molar-refractivity contribution >= 4 is 5.91 Å². The van der Waals surface area contributed by atoms with Crippen LogP contribution in [0.1, 0.15) is 50.0 Å². The summed E-state index contributed by atoms with van der Waals surface area (Å²) in [6.07, 6.45) is 0.296. The third-order valence-electron chi connectivity index (χ3n) is 3.34. The predicted molar refractivity (Wildman–Crippen MR) is 81.4 cm³/mol. The number of hydrogen-bond donors (Lipinski definition) is 2. The molecule has 0 aliphatic heterocycles. The highest BCUT2D eigenvalue weighted by atomic mass is 19.1. The lowest BCUT2D eigenvalue weighted by molar-refractivity contribution is 0.0909. The average Bonchev–Trinajstić information content (AvgIpc) is 2.39. The van der Waals surface area contributed by atoms with Crippen LogP contribution in [0.15, 0.2) is 18.2 Å². The number of halogens is 1. The lowest BCUT2D eigenvalue weighted by atomic mass is 9.88. The molecule has 0 saturated heterocycles. The molecule has 0 saturated carbocycles. The molecule has 1 rings (SSSR count). The zero-order valence-corrected chi connectivity index (χ0v) is 13.0. The summed E-state index contributed by atoms with van der Waals surface area (Å²) in [5.74, 6) is 4.45. The molecular weight excluding hydrogens is 269 g/mol. The Labute approximate surface area is 125 Å². The lowest BCUT2D eigenvalue weighted by Crippen LogP contribution is -2.41. The fourth-order valence-electron chi connectivity index (χ4n) is 1.47. The summed E-state index contributed by atoms with van der Waals surface area (Å²) in [6, 6.07) is 4.19. The molecule has 1 amide bonds. The third-order valence-corrected chi connectivity index (χ3v) is 3.34. The molecular formula is C17H22FNO2. The molecule has 0 aliphatic carbocycles. The molecule has 114 valence electrons. The van der Waals surface area contributed by atoms with Gasteiger partial charge in [0.05, 0.1) is 12.2 Å².